The highest BCUT2D eigenvalue weighted by Crippen LogP contribution is 2.22. The highest BCUT2D eigenvalue weighted by atomic mass is 32.2. The van der Waals surface area contributed by atoms with E-state index in [1.807, 2.05) is 76.2 Å². The second kappa shape index (κ2) is 12.3. The molecule has 0 aliphatic carbocycles. The molecule has 37 heavy (non-hydrogen) atoms. The van der Waals surface area contributed by atoms with Crippen LogP contribution >= 0.6 is 0 Å². The molecular weight excluding hydrogens is 486 g/mol. The minimum Gasteiger partial charge on any atom is -0.354 e. The molecular formula is C29H37N3O4S. The van der Waals surface area contributed by atoms with Crippen LogP contribution in [0.3, 0.4) is 0 Å². The van der Waals surface area contributed by atoms with Gasteiger partial charge in [0.25, 0.3) is 0 Å². The van der Waals surface area contributed by atoms with E-state index in [-0.39, 0.29) is 29.8 Å². The van der Waals surface area contributed by atoms with Crippen molar-refractivity contribution < 1.29 is 18.0 Å². The van der Waals surface area contributed by atoms with E-state index < -0.39 is 22.0 Å². The maximum Gasteiger partial charge on any atom is 0.243 e. The van der Waals surface area contributed by atoms with Crippen LogP contribution in [-0.2, 0) is 26.2 Å². The van der Waals surface area contributed by atoms with Crippen molar-refractivity contribution in [2.24, 2.45) is 5.92 Å². The number of hydrogen-bond donors (Lipinski definition) is 1. The summed E-state index contributed by atoms with van der Waals surface area (Å²) in [5.41, 5.74) is 1.92. The first-order valence-corrected chi connectivity index (χ1v) is 14.0. The van der Waals surface area contributed by atoms with Gasteiger partial charge in [-0.3, -0.25) is 9.59 Å². The first-order valence-electron chi connectivity index (χ1n) is 12.6. The van der Waals surface area contributed by atoms with Crippen LogP contribution in [0.15, 0.2) is 71.6 Å². The van der Waals surface area contributed by atoms with Crippen molar-refractivity contribution in [3.05, 3.63) is 77.9 Å². The van der Waals surface area contributed by atoms with E-state index in [1.165, 1.54) is 11.9 Å². The summed E-state index contributed by atoms with van der Waals surface area (Å²) in [6, 6.07) is 19.5. The number of aryl methyl sites for hydroxylation is 1. The van der Waals surface area contributed by atoms with Crippen molar-refractivity contribution in [1.82, 2.24) is 14.5 Å². The molecule has 0 radical (unpaired) electrons. The van der Waals surface area contributed by atoms with E-state index in [0.717, 1.165) is 26.2 Å². The third kappa shape index (κ3) is 7.17. The van der Waals surface area contributed by atoms with E-state index >= 15 is 0 Å². The summed E-state index contributed by atoms with van der Waals surface area (Å²) < 4.78 is 27.8. The molecule has 0 aliphatic rings. The van der Waals surface area contributed by atoms with Gasteiger partial charge < -0.3 is 10.2 Å². The van der Waals surface area contributed by atoms with Gasteiger partial charge in [0, 0.05) is 20.1 Å². The summed E-state index contributed by atoms with van der Waals surface area (Å²) >= 11 is 0. The molecule has 0 fully saturated rings. The number of fused-ring (bicyclic) bond motifs is 1. The Morgan fingerprint density at radius 2 is 1.65 bits per heavy atom. The fraction of sp³-hybridized carbons (Fsp3) is 0.379. The Bertz CT molecular complexity index is 1350. The van der Waals surface area contributed by atoms with Crippen LogP contribution in [0.4, 0.5) is 0 Å². The molecule has 1 atom stereocenters. The molecule has 0 aliphatic heterocycles. The molecule has 0 unspecified atom stereocenters. The lowest BCUT2D eigenvalue weighted by molar-refractivity contribution is -0.141. The highest BCUT2D eigenvalue weighted by molar-refractivity contribution is 7.89. The van der Waals surface area contributed by atoms with Crippen molar-refractivity contribution in [2.45, 2.75) is 51.6 Å². The molecule has 0 heterocycles. The van der Waals surface area contributed by atoms with Gasteiger partial charge in [-0.05, 0) is 47.7 Å². The number of sulfonamides is 1. The maximum absolute atomic E-state index is 13.6. The van der Waals surface area contributed by atoms with Gasteiger partial charge in [0.15, 0.2) is 0 Å². The van der Waals surface area contributed by atoms with Crippen LogP contribution in [0, 0.1) is 12.8 Å². The normalized spacial score (nSPS) is 12.6. The average molecular weight is 524 g/mol. The van der Waals surface area contributed by atoms with Gasteiger partial charge in [-0.2, -0.15) is 4.31 Å². The number of carbonyl (C=O) groups excluding carboxylic acids is 2. The van der Waals surface area contributed by atoms with Crippen LogP contribution < -0.4 is 5.32 Å². The first-order chi connectivity index (χ1) is 17.5. The molecule has 0 saturated carbocycles. The molecule has 0 bridgehead atoms. The fourth-order valence-corrected chi connectivity index (χ4v) is 5.38. The topological polar surface area (TPSA) is 86.8 Å². The van der Waals surface area contributed by atoms with Gasteiger partial charge in [-0.15, -0.1) is 0 Å². The van der Waals surface area contributed by atoms with Gasteiger partial charge in [0.05, 0.1) is 11.4 Å². The second-order valence-corrected chi connectivity index (χ2v) is 11.9. The Balaban J connectivity index is 1.87. The lowest BCUT2D eigenvalue weighted by Crippen LogP contribution is -2.52. The predicted molar refractivity (Wildman–Crippen MR) is 147 cm³/mol. The van der Waals surface area contributed by atoms with Crippen molar-refractivity contribution in [2.75, 3.05) is 20.1 Å². The van der Waals surface area contributed by atoms with Crippen LogP contribution in [0.5, 0.6) is 0 Å². The van der Waals surface area contributed by atoms with Crippen molar-refractivity contribution in [1.29, 1.82) is 0 Å². The molecule has 0 saturated heterocycles. The van der Waals surface area contributed by atoms with Gasteiger partial charge in [-0.1, -0.05) is 80.9 Å². The highest BCUT2D eigenvalue weighted by Gasteiger charge is 2.32. The molecule has 1 N–H and O–H groups in total. The third-order valence-corrected chi connectivity index (χ3v) is 8.09. The Morgan fingerprint density at radius 1 is 0.946 bits per heavy atom. The van der Waals surface area contributed by atoms with E-state index in [1.54, 1.807) is 18.2 Å². The summed E-state index contributed by atoms with van der Waals surface area (Å²) in [6.07, 6.45) is 0.405. The smallest absolute Gasteiger partial charge is 0.243 e. The monoisotopic (exact) mass is 523 g/mol. The number of likely N-dealkylation sites (N-methyl/N-ethyl adjacent to an activating group) is 1. The second-order valence-electron chi connectivity index (χ2n) is 9.84. The molecule has 3 aromatic rings. The SMILES string of the molecule is CC[C@@H](C(=O)NCC(C)C)N(Cc1cccc(C)c1)C(=O)CN(C)S(=O)(=O)c1ccc2ccccc2c1. The lowest BCUT2D eigenvalue weighted by Gasteiger charge is -2.32. The summed E-state index contributed by atoms with van der Waals surface area (Å²) in [6.45, 7) is 8.15. The third-order valence-electron chi connectivity index (χ3n) is 6.29. The first kappa shape index (κ1) is 28.3. The Kier molecular flexibility index (Phi) is 9.45. The zero-order valence-electron chi connectivity index (χ0n) is 22.3. The van der Waals surface area contributed by atoms with E-state index in [2.05, 4.69) is 5.32 Å². The minimum atomic E-state index is -3.93. The van der Waals surface area contributed by atoms with Crippen molar-refractivity contribution in [3.8, 4) is 0 Å². The number of hydrogen-bond acceptors (Lipinski definition) is 4. The standard InChI is InChI=1S/C29H37N3O4S/c1-6-27(29(34)30-18-21(2)3)32(19-23-11-9-10-22(4)16-23)28(33)20-31(5)37(35,36)26-15-14-24-12-7-8-13-25(24)17-26/h7-17,21,27H,6,18-20H2,1-5H3,(H,30,34)/t27-/m0/s1. The lowest BCUT2D eigenvalue weighted by atomic mass is 10.1. The van der Waals surface area contributed by atoms with Crippen molar-refractivity contribution >= 4 is 32.6 Å². The molecule has 8 heteroatoms. The zero-order chi connectivity index (χ0) is 27.2. The summed E-state index contributed by atoms with van der Waals surface area (Å²) in [7, 11) is -2.53. The molecule has 3 aromatic carbocycles. The number of nitrogens with zero attached hydrogens (tertiary/aromatic N) is 2. The quantitative estimate of drug-likeness (QED) is 0.405. The van der Waals surface area contributed by atoms with Crippen LogP contribution in [-0.4, -0.2) is 55.6 Å². The molecule has 0 aromatic heterocycles. The Morgan fingerprint density at radius 3 is 2.30 bits per heavy atom. The van der Waals surface area contributed by atoms with E-state index in [9.17, 15) is 18.0 Å². The fourth-order valence-electron chi connectivity index (χ4n) is 4.22. The Hall–Kier alpha value is -3.23. The number of rotatable bonds is 11. The van der Waals surface area contributed by atoms with Gasteiger partial charge in [0.1, 0.15) is 6.04 Å². The zero-order valence-corrected chi connectivity index (χ0v) is 23.1. The van der Waals surface area contributed by atoms with Crippen molar-refractivity contribution in [3.63, 3.8) is 0 Å². The predicted octanol–water partition coefficient (Wildman–Crippen LogP) is 4.35. The van der Waals surface area contributed by atoms with Crippen LogP contribution in [0.25, 0.3) is 10.8 Å². The molecule has 7 nitrogen and oxygen atoms in total. The average Bonchev–Trinajstić information content (AvgIpc) is 2.86. The van der Waals surface area contributed by atoms with Gasteiger partial charge in [0.2, 0.25) is 21.8 Å². The summed E-state index contributed by atoms with van der Waals surface area (Å²) in [5.74, 6) is -0.405. The van der Waals surface area contributed by atoms with Crippen LogP contribution in [0.2, 0.25) is 0 Å². The Labute approximate surface area is 220 Å². The van der Waals surface area contributed by atoms with Gasteiger partial charge in [-0.25, -0.2) is 8.42 Å². The number of nitrogens with one attached hydrogen (secondary N) is 1. The number of amides is 2. The molecule has 3 rings (SSSR count). The molecule has 198 valence electrons. The van der Waals surface area contributed by atoms with Crippen LogP contribution in [0.1, 0.15) is 38.3 Å². The number of benzene rings is 3. The maximum atomic E-state index is 13.6. The summed E-state index contributed by atoms with van der Waals surface area (Å²) in [4.78, 5) is 28.3. The minimum absolute atomic E-state index is 0.119. The summed E-state index contributed by atoms with van der Waals surface area (Å²) in [5, 5.41) is 4.66. The molecule has 0 spiro atoms. The largest absolute Gasteiger partial charge is 0.354 e. The number of carbonyl (C=O) groups is 2. The van der Waals surface area contributed by atoms with E-state index in [4.69, 9.17) is 0 Å². The van der Waals surface area contributed by atoms with Gasteiger partial charge >= 0.3 is 0 Å². The van der Waals surface area contributed by atoms with E-state index in [0.29, 0.717) is 13.0 Å². The molecule has 2 amide bonds.